The van der Waals surface area contributed by atoms with Gasteiger partial charge in [-0.05, 0) is 139 Å². The zero-order chi connectivity index (χ0) is 51.2. The van der Waals surface area contributed by atoms with E-state index in [1.54, 1.807) is 32.2 Å². The number of primary amides is 1. The molecular weight excluding hydrogens is 887 g/mol. The number of aliphatic carboxylic acids is 1. The quantitative estimate of drug-likeness (QED) is 0.0344. The third-order valence-electron chi connectivity index (χ3n) is 13.8. The first kappa shape index (κ1) is 55.7. The molecule has 0 heterocycles. The van der Waals surface area contributed by atoms with Crippen molar-refractivity contribution in [1.29, 1.82) is 10.8 Å². The van der Waals surface area contributed by atoms with Gasteiger partial charge in [0.15, 0.2) is 0 Å². The molecule has 19 nitrogen and oxygen atoms in total. The second-order valence-corrected chi connectivity index (χ2v) is 21.2. The van der Waals surface area contributed by atoms with Crippen LogP contribution in [-0.4, -0.2) is 96.7 Å². The summed E-state index contributed by atoms with van der Waals surface area (Å²) in [6, 6.07) is -0.517. The van der Waals surface area contributed by atoms with Gasteiger partial charge in [0, 0.05) is 49.8 Å². The molecule has 0 spiro atoms. The molecule has 19 heteroatoms. The Kier molecular flexibility index (Phi) is 20.3. The third kappa shape index (κ3) is 16.7. The van der Waals surface area contributed by atoms with Gasteiger partial charge >= 0.3 is 12.1 Å². The minimum atomic E-state index is -0.867. The van der Waals surface area contributed by atoms with Crippen molar-refractivity contribution in [3.8, 4) is 0 Å². The van der Waals surface area contributed by atoms with Crippen molar-refractivity contribution in [2.24, 2.45) is 59.0 Å². The van der Waals surface area contributed by atoms with Crippen LogP contribution < -0.4 is 37.6 Å². The van der Waals surface area contributed by atoms with Crippen LogP contribution in [0.25, 0.3) is 0 Å². The highest BCUT2D eigenvalue weighted by Gasteiger charge is 2.47. The van der Waals surface area contributed by atoms with Crippen LogP contribution in [0.15, 0.2) is 47.5 Å². The Morgan fingerprint density at radius 1 is 0.710 bits per heavy atom. The van der Waals surface area contributed by atoms with E-state index >= 15 is 0 Å². The third-order valence-corrected chi connectivity index (χ3v) is 13.8. The molecule has 0 radical (unpaired) electrons. The molecule has 4 bridgehead atoms. The number of alkyl carbamates (subject to hydrolysis) is 1. The lowest BCUT2D eigenvalue weighted by molar-refractivity contribution is -0.145. The number of carboxylic acids is 1. The molecule has 4 fully saturated rings. The van der Waals surface area contributed by atoms with E-state index in [0.29, 0.717) is 44.9 Å². The van der Waals surface area contributed by atoms with Gasteiger partial charge in [-0.1, -0.05) is 27.2 Å². The minimum absolute atomic E-state index is 0.00786. The number of nitrogens with two attached hydrogens (primary N) is 1. The van der Waals surface area contributed by atoms with Crippen LogP contribution in [0.4, 0.5) is 4.79 Å². The molecule has 0 aliphatic heterocycles. The Morgan fingerprint density at radius 2 is 1.17 bits per heavy atom. The zero-order valence-electron chi connectivity index (χ0n) is 42.0. The number of carbonyl (C=O) groups is 6. The SMILES string of the molecule is COC(=O)NC(C)(C)/C=C/N/C(OCC(C)C)=C(\C=N)C(=O)NC1C2CC(CC(C)CO/C(N/C=C/C(C)(C)NC(C)=O)=C(/C=N)C(=O)NC3C4CCCC3CC(C(N)=O)C4)CC1CC(C(=O)O)C2. The maximum absolute atomic E-state index is 14.1. The van der Waals surface area contributed by atoms with Crippen LogP contribution in [0.1, 0.15) is 120 Å². The number of methoxy groups -OCH3 is 1. The van der Waals surface area contributed by atoms with Gasteiger partial charge in [-0.15, -0.1) is 0 Å². The number of ether oxygens (including phenoxy) is 3. The number of carboxylic acid groups (broad SMARTS) is 1. The van der Waals surface area contributed by atoms with Crippen LogP contribution in [0.3, 0.4) is 0 Å². The van der Waals surface area contributed by atoms with Crippen molar-refractivity contribution < 1.29 is 48.1 Å². The molecule has 4 saturated carbocycles. The number of amides is 5. The number of hydrogen-bond donors (Lipinski definition) is 10. The van der Waals surface area contributed by atoms with Crippen molar-refractivity contribution in [3.63, 3.8) is 0 Å². The number of rotatable bonds is 24. The first-order valence-corrected chi connectivity index (χ1v) is 24.4. The first-order valence-electron chi connectivity index (χ1n) is 24.4. The van der Waals surface area contributed by atoms with Gasteiger partial charge in [-0.3, -0.25) is 24.0 Å². The fraction of sp³-hybridized carbons (Fsp3) is 0.680. The summed E-state index contributed by atoms with van der Waals surface area (Å²) in [7, 11) is 1.27. The molecule has 4 rings (SSSR count). The fourth-order valence-corrected chi connectivity index (χ4v) is 10.7. The molecule has 5 amide bonds. The second kappa shape index (κ2) is 25.1. The minimum Gasteiger partial charge on any atom is -0.481 e. The van der Waals surface area contributed by atoms with Gasteiger partial charge in [0.05, 0.1) is 37.3 Å². The van der Waals surface area contributed by atoms with E-state index < -0.39 is 40.9 Å². The summed E-state index contributed by atoms with van der Waals surface area (Å²) in [6.07, 6.45) is 14.5. The predicted octanol–water partition coefficient (Wildman–Crippen LogP) is 5.10. The molecule has 0 aromatic rings. The number of carbonyl (C=O) groups excluding carboxylic acids is 5. The molecule has 384 valence electrons. The summed E-state index contributed by atoms with van der Waals surface area (Å²) in [5.41, 5.74) is 4.09. The fourth-order valence-electron chi connectivity index (χ4n) is 10.7. The second-order valence-electron chi connectivity index (χ2n) is 21.2. The van der Waals surface area contributed by atoms with Crippen molar-refractivity contribution in [2.75, 3.05) is 20.3 Å². The number of nitrogens with one attached hydrogen (secondary N) is 8. The van der Waals surface area contributed by atoms with E-state index in [0.717, 1.165) is 31.7 Å². The Balaban J connectivity index is 1.51. The molecule has 11 N–H and O–H groups in total. The predicted molar refractivity (Wildman–Crippen MR) is 261 cm³/mol. The standard InChI is InChI=1S/C50H79N9O10/c1-28(2)26-68-45(54-16-14-50(7,8)59-48(66)67-9)38(24-51)44(63)57-41-34-18-31(19-35(41)23-37(22-34)47(64)65)17-29(3)27-69-46(55-15-13-49(5,6)58-30(4)60)39(25-52)43(62)56-40-32-11-10-12-33(40)21-36(20-32)42(53)61/h13-16,24-25,28-29,31-37,40-41,51-52,54-55H,10-12,17-23,26-27H2,1-9H3,(H2,53,61)(H,56,62)(H,57,63)(H,58,60)(H,59,66)(H,64,65)/b15-13+,16-14+,45-38-,46-39-,51-24?,52-25?. The normalized spacial score (nSPS) is 26.8. The van der Waals surface area contributed by atoms with E-state index in [9.17, 15) is 33.9 Å². The summed E-state index contributed by atoms with van der Waals surface area (Å²) in [5.74, 6) is -2.98. The van der Waals surface area contributed by atoms with E-state index in [-0.39, 0.29) is 107 Å². The molecular formula is C50H79N9O10. The topological polar surface area (TPSA) is 296 Å². The Morgan fingerprint density at radius 3 is 1.61 bits per heavy atom. The molecule has 0 saturated heterocycles. The molecule has 0 aromatic carbocycles. The molecule has 5 atom stereocenters. The summed E-state index contributed by atoms with van der Waals surface area (Å²) in [6.45, 7) is 14.9. The highest BCUT2D eigenvalue weighted by molar-refractivity contribution is 6.12. The lowest BCUT2D eigenvalue weighted by Crippen LogP contribution is -2.54. The summed E-state index contributed by atoms with van der Waals surface area (Å²) in [4.78, 5) is 76.3. The lowest BCUT2D eigenvalue weighted by Gasteiger charge is -2.48. The smallest absolute Gasteiger partial charge is 0.407 e. The largest absolute Gasteiger partial charge is 0.481 e. The zero-order valence-corrected chi connectivity index (χ0v) is 42.0. The first-order chi connectivity index (χ1) is 32.5. The maximum Gasteiger partial charge on any atom is 0.407 e. The lowest BCUT2D eigenvalue weighted by atomic mass is 9.60. The van der Waals surface area contributed by atoms with Gasteiger partial charge < -0.3 is 67.8 Å². The summed E-state index contributed by atoms with van der Waals surface area (Å²) >= 11 is 0. The van der Waals surface area contributed by atoms with Gasteiger partial charge in [0.1, 0.15) is 11.1 Å². The highest BCUT2D eigenvalue weighted by Crippen LogP contribution is 2.47. The Bertz CT molecular complexity index is 1980. The average molecular weight is 966 g/mol. The molecule has 69 heavy (non-hydrogen) atoms. The van der Waals surface area contributed by atoms with Gasteiger partial charge in [0.2, 0.25) is 23.6 Å². The number of fused-ring (bicyclic) bond motifs is 4. The summed E-state index contributed by atoms with van der Waals surface area (Å²) < 4.78 is 17.1. The number of hydrogen-bond acceptors (Lipinski definition) is 13. The molecule has 5 unspecified atom stereocenters. The Hall–Kier alpha value is -5.88. The van der Waals surface area contributed by atoms with E-state index in [1.807, 2.05) is 34.6 Å². The van der Waals surface area contributed by atoms with Crippen molar-refractivity contribution in [1.82, 2.24) is 31.9 Å². The van der Waals surface area contributed by atoms with Crippen LogP contribution in [0, 0.1) is 64.1 Å². The summed E-state index contributed by atoms with van der Waals surface area (Å²) in [5, 5.41) is 44.7. The molecule has 4 aliphatic rings. The molecule has 0 aromatic heterocycles. The maximum atomic E-state index is 14.1. The highest BCUT2D eigenvalue weighted by atomic mass is 16.5. The van der Waals surface area contributed by atoms with Crippen LogP contribution in [0.5, 0.6) is 0 Å². The van der Waals surface area contributed by atoms with Crippen molar-refractivity contribution in [2.45, 2.75) is 143 Å². The average Bonchev–Trinajstić information content (AvgIpc) is 3.23. The van der Waals surface area contributed by atoms with Gasteiger partial charge in [-0.25, -0.2) is 4.79 Å². The van der Waals surface area contributed by atoms with E-state index in [1.165, 1.54) is 20.2 Å². The van der Waals surface area contributed by atoms with Crippen LogP contribution in [0.2, 0.25) is 0 Å². The van der Waals surface area contributed by atoms with Gasteiger partial charge in [-0.2, -0.15) is 0 Å². The van der Waals surface area contributed by atoms with E-state index in [4.69, 9.17) is 30.8 Å². The monoisotopic (exact) mass is 966 g/mol. The van der Waals surface area contributed by atoms with Gasteiger partial charge in [0.25, 0.3) is 11.8 Å². The van der Waals surface area contributed by atoms with Crippen LogP contribution in [-0.2, 0) is 38.2 Å². The van der Waals surface area contributed by atoms with Crippen LogP contribution >= 0.6 is 0 Å². The Labute approximate surface area is 407 Å². The van der Waals surface area contributed by atoms with Crippen molar-refractivity contribution >= 4 is 48.1 Å². The molecule has 4 aliphatic carbocycles. The van der Waals surface area contributed by atoms with Crippen molar-refractivity contribution in [3.05, 3.63) is 47.5 Å². The van der Waals surface area contributed by atoms with E-state index in [2.05, 4.69) is 31.9 Å².